The number of para-hydroxylation sites is 1. The molecule has 0 N–H and O–H groups in total. The molecule has 5 heteroatoms. The highest BCUT2D eigenvalue weighted by molar-refractivity contribution is 7.18. The van der Waals surface area contributed by atoms with Crippen LogP contribution < -0.4 is 9.80 Å². The van der Waals surface area contributed by atoms with Crippen molar-refractivity contribution in [3.05, 3.63) is 89.2 Å². The maximum absolute atomic E-state index is 4.70. The average molecular weight is 527 g/mol. The van der Waals surface area contributed by atoms with Crippen molar-refractivity contribution in [3.63, 3.8) is 0 Å². The summed E-state index contributed by atoms with van der Waals surface area (Å²) in [5.74, 6) is 0.994. The second-order valence-electron chi connectivity index (χ2n) is 11.8. The van der Waals surface area contributed by atoms with Crippen LogP contribution >= 0.6 is 11.3 Å². The van der Waals surface area contributed by atoms with Crippen molar-refractivity contribution in [1.82, 2.24) is 4.90 Å². The van der Waals surface area contributed by atoms with Crippen molar-refractivity contribution in [1.29, 1.82) is 0 Å². The van der Waals surface area contributed by atoms with Crippen LogP contribution in [0.4, 0.5) is 10.7 Å². The molecule has 0 atom stereocenters. The van der Waals surface area contributed by atoms with Gasteiger partial charge in [-0.25, -0.2) is 0 Å². The Bertz CT molecular complexity index is 1330. The number of rotatable bonds is 6. The zero-order valence-corrected chi connectivity index (χ0v) is 24.6. The van der Waals surface area contributed by atoms with E-state index in [0.717, 1.165) is 62.4 Å². The molecule has 0 saturated heterocycles. The number of hydrogen-bond acceptors (Lipinski definition) is 5. The lowest BCUT2D eigenvalue weighted by atomic mass is 9.90. The Hall–Kier alpha value is -3.05. The maximum Gasteiger partial charge on any atom is 0.108 e. The number of nitrogens with zero attached hydrogens (tertiary/aromatic N) is 4. The van der Waals surface area contributed by atoms with E-state index in [1.807, 2.05) is 17.5 Å². The van der Waals surface area contributed by atoms with Crippen LogP contribution in [0.25, 0.3) is 5.70 Å². The van der Waals surface area contributed by atoms with Crippen LogP contribution in [0.1, 0.15) is 81.4 Å². The first-order chi connectivity index (χ1) is 18.1. The molecule has 0 amide bonds. The van der Waals surface area contributed by atoms with Crippen molar-refractivity contribution in [2.45, 2.75) is 84.7 Å². The summed E-state index contributed by atoms with van der Waals surface area (Å²) in [4.78, 5) is 13.4. The number of aliphatic imine (C=N–C) groups is 1. The molecule has 0 bridgehead atoms. The van der Waals surface area contributed by atoms with Gasteiger partial charge in [-0.3, -0.25) is 4.99 Å². The molecule has 200 valence electrons. The number of fused-ring (bicyclic) bond motifs is 1. The Kier molecular flexibility index (Phi) is 7.17. The first-order valence-corrected chi connectivity index (χ1v) is 14.8. The minimum atomic E-state index is -0.153. The van der Waals surface area contributed by atoms with Crippen molar-refractivity contribution in [2.75, 3.05) is 16.5 Å². The third-order valence-corrected chi connectivity index (χ3v) is 9.52. The summed E-state index contributed by atoms with van der Waals surface area (Å²) >= 11 is 1.85. The first kappa shape index (κ1) is 26.6. The van der Waals surface area contributed by atoms with Crippen molar-refractivity contribution in [3.8, 4) is 0 Å². The maximum atomic E-state index is 4.70. The molecule has 1 aliphatic carbocycles. The number of allylic oxidation sites excluding steroid dienone is 2. The van der Waals surface area contributed by atoms with Crippen LogP contribution in [0.15, 0.2) is 72.7 Å². The Morgan fingerprint density at radius 1 is 1.11 bits per heavy atom. The Morgan fingerprint density at radius 3 is 2.45 bits per heavy atom. The van der Waals surface area contributed by atoms with Gasteiger partial charge in [0.05, 0.1) is 17.3 Å². The Labute approximate surface area is 233 Å². The van der Waals surface area contributed by atoms with Gasteiger partial charge >= 0.3 is 0 Å². The van der Waals surface area contributed by atoms with E-state index in [4.69, 9.17) is 11.6 Å². The van der Waals surface area contributed by atoms with Gasteiger partial charge in [0.15, 0.2) is 0 Å². The summed E-state index contributed by atoms with van der Waals surface area (Å²) in [5, 5.41) is 1.24. The molecule has 4 nitrogen and oxygen atoms in total. The molecule has 0 spiro atoms. The van der Waals surface area contributed by atoms with E-state index in [0.29, 0.717) is 6.04 Å². The zero-order valence-electron chi connectivity index (χ0n) is 23.8. The standard InChI is InChI=1S/C33H42N4S/c1-9-26-13-10-11-15-29(26)36(27-18-16-22(2)17-19-27)21-35-25(5)37(33(6,7)8)24(4)30-23(3)31(38-32(30)35)28-14-12-20-34-28/h10-13,15,20,27H,2,4-5,9,14,16-19,21H2,1,3,6-8H3. The Balaban J connectivity index is 1.63. The Morgan fingerprint density at radius 2 is 1.82 bits per heavy atom. The van der Waals surface area contributed by atoms with Gasteiger partial charge in [0.2, 0.25) is 0 Å². The van der Waals surface area contributed by atoms with Crippen LogP contribution in [-0.2, 0) is 6.42 Å². The number of benzene rings is 1. The number of aryl methyl sites for hydroxylation is 1. The van der Waals surface area contributed by atoms with Crippen molar-refractivity contribution in [2.24, 2.45) is 4.99 Å². The van der Waals surface area contributed by atoms with Crippen LogP contribution in [0, 0.1) is 6.92 Å². The topological polar surface area (TPSA) is 22.1 Å². The van der Waals surface area contributed by atoms with E-state index in [-0.39, 0.29) is 5.54 Å². The molecular weight excluding hydrogens is 484 g/mol. The lowest BCUT2D eigenvalue weighted by Crippen LogP contribution is -2.52. The molecule has 2 aromatic rings. The van der Waals surface area contributed by atoms with E-state index >= 15 is 0 Å². The minimum Gasteiger partial charge on any atom is -0.350 e. The van der Waals surface area contributed by atoms with E-state index in [2.05, 4.69) is 92.8 Å². The molecule has 1 aromatic carbocycles. The van der Waals surface area contributed by atoms with E-state index in [1.54, 1.807) is 0 Å². The van der Waals surface area contributed by atoms with Crippen LogP contribution in [0.2, 0.25) is 0 Å². The highest BCUT2D eigenvalue weighted by Gasteiger charge is 2.40. The third kappa shape index (κ3) is 4.66. The lowest BCUT2D eigenvalue weighted by Gasteiger charge is -2.50. The third-order valence-electron chi connectivity index (χ3n) is 8.16. The summed E-state index contributed by atoms with van der Waals surface area (Å²) in [6.07, 6.45) is 10.4. The highest BCUT2D eigenvalue weighted by Crippen LogP contribution is 2.50. The van der Waals surface area contributed by atoms with E-state index in [9.17, 15) is 0 Å². The largest absolute Gasteiger partial charge is 0.350 e. The van der Waals surface area contributed by atoms with Crippen molar-refractivity contribution < 1.29 is 0 Å². The molecular formula is C33H42N4S. The minimum absolute atomic E-state index is 0.153. The number of anilines is 2. The fraction of sp³-hybridized carbons (Fsp3) is 0.424. The molecule has 1 aromatic heterocycles. The summed E-state index contributed by atoms with van der Waals surface area (Å²) in [5.41, 5.74) is 8.67. The molecule has 3 aliphatic rings. The summed E-state index contributed by atoms with van der Waals surface area (Å²) in [6.45, 7) is 25.6. The molecule has 38 heavy (non-hydrogen) atoms. The first-order valence-electron chi connectivity index (χ1n) is 13.9. The van der Waals surface area contributed by atoms with Crippen LogP contribution in [-0.4, -0.2) is 28.9 Å². The second-order valence-corrected chi connectivity index (χ2v) is 12.8. The van der Waals surface area contributed by atoms with Gasteiger partial charge < -0.3 is 14.7 Å². The van der Waals surface area contributed by atoms with Crippen LogP contribution in [0.5, 0.6) is 0 Å². The monoisotopic (exact) mass is 526 g/mol. The van der Waals surface area contributed by atoms with Crippen LogP contribution in [0.3, 0.4) is 0 Å². The second kappa shape index (κ2) is 10.3. The highest BCUT2D eigenvalue weighted by atomic mass is 32.1. The molecule has 0 unspecified atom stereocenters. The van der Waals surface area contributed by atoms with Gasteiger partial charge in [-0.05, 0) is 77.0 Å². The predicted octanol–water partition coefficient (Wildman–Crippen LogP) is 8.65. The summed E-state index contributed by atoms with van der Waals surface area (Å²) < 4.78 is 0. The molecule has 2 aliphatic heterocycles. The fourth-order valence-electron chi connectivity index (χ4n) is 6.21. The van der Waals surface area contributed by atoms with Gasteiger partial charge in [-0.15, -0.1) is 11.3 Å². The summed E-state index contributed by atoms with van der Waals surface area (Å²) in [6, 6.07) is 9.39. The average Bonchev–Trinajstić information content (AvgIpc) is 3.52. The number of hydrogen-bond donors (Lipinski definition) is 0. The SMILES string of the molecule is C=C1CCC(N(CN2C(=C)N(C(C)(C)C)C(=C)c3c2sc(C2=NC=CC2)c3C)c2ccccc2CC)CC1. The quantitative estimate of drug-likeness (QED) is 0.352. The molecule has 0 radical (unpaired) electrons. The molecule has 1 saturated carbocycles. The van der Waals surface area contributed by atoms with E-state index < -0.39 is 0 Å². The molecule has 3 heterocycles. The summed E-state index contributed by atoms with van der Waals surface area (Å²) in [7, 11) is 0. The zero-order chi connectivity index (χ0) is 27.2. The smallest absolute Gasteiger partial charge is 0.108 e. The molecule has 1 fully saturated rings. The normalized spacial score (nSPS) is 18.3. The van der Waals surface area contributed by atoms with Crippen molar-refractivity contribution >= 4 is 33.4 Å². The van der Waals surface area contributed by atoms with Gasteiger partial charge in [0.25, 0.3) is 0 Å². The lowest BCUT2D eigenvalue weighted by molar-refractivity contribution is 0.264. The molecule has 5 rings (SSSR count). The number of thiophene rings is 1. The predicted molar refractivity (Wildman–Crippen MR) is 166 cm³/mol. The van der Waals surface area contributed by atoms with Gasteiger partial charge in [0, 0.05) is 41.1 Å². The van der Waals surface area contributed by atoms with Gasteiger partial charge in [-0.1, -0.05) is 56.5 Å². The van der Waals surface area contributed by atoms with Gasteiger partial charge in [0.1, 0.15) is 10.8 Å². The van der Waals surface area contributed by atoms with Gasteiger partial charge in [-0.2, -0.15) is 0 Å². The fourth-order valence-corrected chi connectivity index (χ4v) is 7.56. The van der Waals surface area contributed by atoms with E-state index in [1.165, 1.54) is 37.8 Å².